The van der Waals surface area contributed by atoms with E-state index in [0.717, 1.165) is 12.1 Å². The molecule has 1 aromatic carbocycles. The highest BCUT2D eigenvalue weighted by molar-refractivity contribution is 5.70. The summed E-state index contributed by atoms with van der Waals surface area (Å²) in [7, 11) is 1.66. The van der Waals surface area contributed by atoms with E-state index in [-0.39, 0.29) is 6.09 Å². The number of halogens is 4. The highest BCUT2D eigenvalue weighted by Gasteiger charge is 2.48. The van der Waals surface area contributed by atoms with E-state index in [9.17, 15) is 22.4 Å². The number of likely N-dealkylation sites (tertiary alicyclic amines) is 1. The van der Waals surface area contributed by atoms with Crippen molar-refractivity contribution < 1.29 is 27.1 Å². The van der Waals surface area contributed by atoms with Crippen molar-refractivity contribution in [1.82, 2.24) is 9.80 Å². The number of carbonyl (C=O) groups is 1. The normalized spacial score (nSPS) is 25.4. The topological polar surface area (TPSA) is 32.8 Å². The minimum absolute atomic E-state index is 0.318. The standard InChI is InChI=1S/C15H16F4N2O2/c1-20-8-14(23-13(20)22)4-5-21(9-14)7-10-2-3-11(12(16)6-10)15(17,18)19/h2-3,6H,4-5,7-9H2,1H3/t14-/m0/s1. The van der Waals surface area contributed by atoms with E-state index >= 15 is 0 Å². The van der Waals surface area contributed by atoms with E-state index in [1.165, 1.54) is 11.0 Å². The Kier molecular flexibility index (Phi) is 3.74. The minimum Gasteiger partial charge on any atom is -0.439 e. The molecule has 2 fully saturated rings. The molecule has 1 atom stereocenters. The first-order chi connectivity index (χ1) is 10.7. The molecule has 8 heteroatoms. The van der Waals surface area contributed by atoms with Gasteiger partial charge >= 0.3 is 12.3 Å². The molecule has 23 heavy (non-hydrogen) atoms. The predicted octanol–water partition coefficient (Wildman–Crippen LogP) is 2.87. The summed E-state index contributed by atoms with van der Waals surface area (Å²) in [6.45, 7) is 1.94. The Morgan fingerprint density at radius 2 is 2.04 bits per heavy atom. The van der Waals surface area contributed by atoms with E-state index in [4.69, 9.17) is 4.74 Å². The number of ether oxygens (including phenoxy) is 1. The third-order valence-electron chi connectivity index (χ3n) is 4.28. The summed E-state index contributed by atoms with van der Waals surface area (Å²) in [5, 5.41) is 0. The zero-order valence-corrected chi connectivity index (χ0v) is 12.5. The predicted molar refractivity (Wildman–Crippen MR) is 73.1 cm³/mol. The monoisotopic (exact) mass is 332 g/mol. The molecular formula is C15H16F4N2O2. The number of hydrogen-bond acceptors (Lipinski definition) is 3. The number of rotatable bonds is 2. The molecule has 1 amide bonds. The minimum atomic E-state index is -4.69. The molecule has 0 unspecified atom stereocenters. The van der Waals surface area contributed by atoms with Gasteiger partial charge in [0.05, 0.1) is 12.1 Å². The van der Waals surface area contributed by atoms with E-state index in [2.05, 4.69) is 0 Å². The number of alkyl halides is 3. The molecule has 1 spiro atoms. The molecule has 2 heterocycles. The van der Waals surface area contributed by atoms with Gasteiger partial charge in [0.2, 0.25) is 0 Å². The van der Waals surface area contributed by atoms with Gasteiger partial charge in [0.15, 0.2) is 0 Å². The van der Waals surface area contributed by atoms with Crippen molar-refractivity contribution in [3.63, 3.8) is 0 Å². The zero-order chi connectivity index (χ0) is 16.8. The first-order valence-electron chi connectivity index (χ1n) is 7.21. The summed E-state index contributed by atoms with van der Waals surface area (Å²) in [5.74, 6) is -1.27. The second-order valence-electron chi connectivity index (χ2n) is 6.18. The zero-order valence-electron chi connectivity index (χ0n) is 12.5. The Morgan fingerprint density at radius 1 is 1.30 bits per heavy atom. The molecule has 0 bridgehead atoms. The average molecular weight is 332 g/mol. The number of hydrogen-bond donors (Lipinski definition) is 0. The van der Waals surface area contributed by atoms with E-state index in [1.807, 2.05) is 4.90 Å². The lowest BCUT2D eigenvalue weighted by Gasteiger charge is -2.22. The number of carbonyl (C=O) groups excluding carboxylic acids is 1. The quantitative estimate of drug-likeness (QED) is 0.781. The van der Waals surface area contributed by atoms with Crippen molar-refractivity contribution >= 4 is 6.09 Å². The fourth-order valence-electron chi connectivity index (χ4n) is 3.21. The van der Waals surface area contributed by atoms with Gasteiger partial charge in [-0.2, -0.15) is 13.2 Å². The third kappa shape index (κ3) is 3.12. The molecule has 2 aliphatic heterocycles. The van der Waals surface area contributed by atoms with Crippen molar-refractivity contribution in [3.8, 4) is 0 Å². The van der Waals surface area contributed by atoms with E-state index < -0.39 is 23.2 Å². The van der Waals surface area contributed by atoms with Gasteiger partial charge in [-0.15, -0.1) is 0 Å². The maximum atomic E-state index is 13.6. The van der Waals surface area contributed by atoms with Crippen LogP contribution in [0.15, 0.2) is 18.2 Å². The van der Waals surface area contributed by atoms with Crippen LogP contribution in [0, 0.1) is 5.82 Å². The summed E-state index contributed by atoms with van der Waals surface area (Å²) in [5.41, 5.74) is -1.35. The summed E-state index contributed by atoms with van der Waals surface area (Å²) < 4.78 is 56.7. The fourth-order valence-corrected chi connectivity index (χ4v) is 3.21. The summed E-state index contributed by atoms with van der Waals surface area (Å²) in [6, 6.07) is 2.96. The van der Waals surface area contributed by atoms with Crippen LogP contribution in [0.25, 0.3) is 0 Å². The highest BCUT2D eigenvalue weighted by Crippen LogP contribution is 2.34. The molecular weight excluding hydrogens is 316 g/mol. The second-order valence-corrected chi connectivity index (χ2v) is 6.18. The van der Waals surface area contributed by atoms with Gasteiger partial charge in [-0.05, 0) is 17.7 Å². The van der Waals surface area contributed by atoms with Crippen molar-refractivity contribution in [2.24, 2.45) is 0 Å². The molecule has 0 aliphatic carbocycles. The van der Waals surface area contributed by atoms with E-state index in [1.54, 1.807) is 7.05 Å². The molecule has 0 N–H and O–H groups in total. The van der Waals surface area contributed by atoms with Gasteiger partial charge in [0, 0.05) is 33.1 Å². The lowest BCUT2D eigenvalue weighted by atomic mass is 10.0. The average Bonchev–Trinajstić information content (AvgIpc) is 2.92. The SMILES string of the molecule is CN1C[C@]2(CCN(Cc3ccc(C(F)(F)F)c(F)c3)C2)OC1=O. The Labute approximate surface area is 130 Å². The van der Waals surface area contributed by atoms with Crippen LogP contribution < -0.4 is 0 Å². The third-order valence-corrected chi connectivity index (χ3v) is 4.28. The van der Waals surface area contributed by atoms with Gasteiger partial charge in [0.1, 0.15) is 11.4 Å². The van der Waals surface area contributed by atoms with Crippen LogP contribution >= 0.6 is 0 Å². The van der Waals surface area contributed by atoms with Crippen LogP contribution in [0.3, 0.4) is 0 Å². The van der Waals surface area contributed by atoms with Gasteiger partial charge < -0.3 is 9.64 Å². The van der Waals surface area contributed by atoms with Crippen molar-refractivity contribution in [3.05, 3.63) is 35.1 Å². The van der Waals surface area contributed by atoms with Crippen LogP contribution in [-0.2, 0) is 17.5 Å². The van der Waals surface area contributed by atoms with Crippen LogP contribution in [0.5, 0.6) is 0 Å². The Hall–Kier alpha value is -1.83. The lowest BCUT2D eigenvalue weighted by molar-refractivity contribution is -0.140. The van der Waals surface area contributed by atoms with Crippen LogP contribution in [0.2, 0.25) is 0 Å². The number of nitrogens with zero attached hydrogens (tertiary/aromatic N) is 2. The van der Waals surface area contributed by atoms with Crippen LogP contribution in [-0.4, -0.2) is 48.2 Å². The maximum absolute atomic E-state index is 13.6. The lowest BCUT2D eigenvalue weighted by Crippen LogP contribution is -2.37. The summed E-state index contributed by atoms with van der Waals surface area (Å²) >= 11 is 0. The van der Waals surface area contributed by atoms with Gasteiger partial charge in [-0.25, -0.2) is 9.18 Å². The first-order valence-corrected chi connectivity index (χ1v) is 7.21. The maximum Gasteiger partial charge on any atom is 0.419 e. The Morgan fingerprint density at radius 3 is 2.61 bits per heavy atom. The molecule has 2 saturated heterocycles. The molecule has 0 saturated carbocycles. The highest BCUT2D eigenvalue weighted by atomic mass is 19.4. The fraction of sp³-hybridized carbons (Fsp3) is 0.533. The number of benzene rings is 1. The van der Waals surface area contributed by atoms with Gasteiger partial charge in [-0.3, -0.25) is 4.90 Å². The molecule has 0 radical (unpaired) electrons. The largest absolute Gasteiger partial charge is 0.439 e. The molecule has 126 valence electrons. The molecule has 4 nitrogen and oxygen atoms in total. The number of amides is 1. The smallest absolute Gasteiger partial charge is 0.419 e. The van der Waals surface area contributed by atoms with Crippen LogP contribution in [0.1, 0.15) is 17.5 Å². The molecule has 3 rings (SSSR count). The van der Waals surface area contributed by atoms with Crippen molar-refractivity contribution in [2.75, 3.05) is 26.7 Å². The molecule has 0 aromatic heterocycles. The molecule has 1 aromatic rings. The second kappa shape index (κ2) is 5.36. The van der Waals surface area contributed by atoms with Gasteiger partial charge in [-0.1, -0.05) is 6.07 Å². The van der Waals surface area contributed by atoms with Crippen molar-refractivity contribution in [2.45, 2.75) is 24.7 Å². The Balaban J connectivity index is 1.67. The number of likely N-dealkylation sites (N-methyl/N-ethyl adjacent to an activating group) is 1. The van der Waals surface area contributed by atoms with Crippen LogP contribution in [0.4, 0.5) is 22.4 Å². The molecule has 2 aliphatic rings. The van der Waals surface area contributed by atoms with E-state index in [0.29, 0.717) is 38.2 Å². The summed E-state index contributed by atoms with van der Waals surface area (Å²) in [6.07, 6.45) is -4.40. The first kappa shape index (κ1) is 16.0. The summed E-state index contributed by atoms with van der Waals surface area (Å²) in [4.78, 5) is 15.0. The van der Waals surface area contributed by atoms with Gasteiger partial charge in [0.25, 0.3) is 0 Å². The Bertz CT molecular complexity index is 634. The van der Waals surface area contributed by atoms with Crippen molar-refractivity contribution in [1.29, 1.82) is 0 Å².